The van der Waals surface area contributed by atoms with E-state index < -0.39 is 27.8 Å². The Morgan fingerprint density at radius 1 is 0.575 bits per heavy atom. The lowest BCUT2D eigenvalue weighted by molar-refractivity contribution is -0.129. The Hall–Kier alpha value is -2.28. The number of hydrogen-bond acceptors (Lipinski definition) is 4. The van der Waals surface area contributed by atoms with Crippen molar-refractivity contribution in [1.29, 1.82) is 0 Å². The third-order valence-electron chi connectivity index (χ3n) is 6.18. The molecular formula is C34H48O4P2. The molecule has 0 spiro atoms. The first-order chi connectivity index (χ1) is 18.1. The van der Waals surface area contributed by atoms with Crippen LogP contribution in [0.4, 0.5) is 0 Å². The van der Waals surface area contributed by atoms with Gasteiger partial charge < -0.3 is 9.47 Å². The minimum absolute atomic E-state index is 0.0743. The predicted octanol–water partition coefficient (Wildman–Crippen LogP) is 8.94. The fraction of sp³-hybridized carbons (Fsp3) is 0.471. The summed E-state index contributed by atoms with van der Waals surface area (Å²) in [5.41, 5.74) is 1.61. The number of benzene rings is 2. The summed E-state index contributed by atoms with van der Waals surface area (Å²) in [6.07, 6.45) is 2.35. The molecule has 0 aromatic heterocycles. The molecule has 0 bridgehead atoms. The summed E-state index contributed by atoms with van der Waals surface area (Å²) in [5.74, 6) is -0.204. The molecule has 4 nitrogen and oxygen atoms in total. The zero-order valence-corrected chi connectivity index (χ0v) is 28.3. The normalized spacial score (nSPS) is 12.8. The van der Waals surface area contributed by atoms with Crippen LogP contribution in [0.2, 0.25) is 0 Å². The third kappa shape index (κ3) is 7.92. The summed E-state index contributed by atoms with van der Waals surface area (Å²) < 4.78 is 11.9. The largest absolute Gasteiger partial charge is 0.423 e. The second kappa shape index (κ2) is 12.3. The van der Waals surface area contributed by atoms with E-state index in [2.05, 4.69) is 108 Å². The van der Waals surface area contributed by atoms with Gasteiger partial charge in [-0.3, -0.25) is 0 Å². The van der Waals surface area contributed by atoms with Crippen molar-refractivity contribution in [3.63, 3.8) is 0 Å². The van der Waals surface area contributed by atoms with E-state index in [-0.39, 0.29) is 20.6 Å². The fourth-order valence-corrected chi connectivity index (χ4v) is 14.1. The molecule has 40 heavy (non-hydrogen) atoms. The van der Waals surface area contributed by atoms with Crippen LogP contribution in [0, 0.1) is 0 Å². The van der Waals surface area contributed by atoms with E-state index in [0.717, 1.165) is 21.7 Å². The van der Waals surface area contributed by atoms with Gasteiger partial charge in [-0.2, -0.15) is 0 Å². The fourth-order valence-electron chi connectivity index (χ4n) is 5.84. The average Bonchev–Trinajstić information content (AvgIpc) is 2.76. The van der Waals surface area contributed by atoms with Gasteiger partial charge in [0.25, 0.3) is 0 Å². The Morgan fingerprint density at radius 2 is 0.850 bits per heavy atom. The van der Waals surface area contributed by atoms with Crippen LogP contribution in [0.15, 0.2) is 61.7 Å². The van der Waals surface area contributed by atoms with E-state index in [0.29, 0.717) is 11.5 Å². The van der Waals surface area contributed by atoms with Gasteiger partial charge in [-0.25, -0.2) is 9.59 Å². The average molecular weight is 583 g/mol. The zero-order valence-electron chi connectivity index (χ0n) is 26.6. The highest BCUT2D eigenvalue weighted by atomic mass is 31.1. The molecule has 0 heterocycles. The molecule has 0 aliphatic rings. The van der Waals surface area contributed by atoms with Crippen LogP contribution < -0.4 is 20.1 Å². The third-order valence-corrected chi connectivity index (χ3v) is 13.3. The molecule has 0 amide bonds. The summed E-state index contributed by atoms with van der Waals surface area (Å²) in [5, 5.41) is 1.91. The monoisotopic (exact) mass is 582 g/mol. The van der Waals surface area contributed by atoms with Crippen molar-refractivity contribution in [2.45, 2.75) is 104 Å². The van der Waals surface area contributed by atoms with E-state index in [1.54, 1.807) is 0 Å². The van der Waals surface area contributed by atoms with Crippen LogP contribution in [-0.4, -0.2) is 32.6 Å². The van der Waals surface area contributed by atoms with E-state index in [4.69, 9.17) is 9.47 Å². The highest BCUT2D eigenvalue weighted by Gasteiger charge is 2.42. The lowest BCUT2D eigenvalue weighted by Crippen LogP contribution is -2.34. The number of rotatable bonds is 7. The van der Waals surface area contributed by atoms with Crippen molar-refractivity contribution >= 4 is 38.4 Å². The topological polar surface area (TPSA) is 52.6 Å². The summed E-state index contributed by atoms with van der Waals surface area (Å²) >= 11 is 0. The van der Waals surface area contributed by atoms with Gasteiger partial charge in [-0.05, 0) is 43.4 Å². The molecule has 0 saturated carbocycles. The Bertz CT molecular complexity index is 1140. The second-order valence-electron chi connectivity index (χ2n) is 13.9. The number of carbonyl (C=O) groups excluding carboxylic acids is 2. The van der Waals surface area contributed by atoms with Crippen LogP contribution in [0.3, 0.4) is 0 Å². The van der Waals surface area contributed by atoms with Gasteiger partial charge in [0, 0.05) is 23.3 Å². The molecule has 0 N–H and O–H groups in total. The maximum atomic E-state index is 12.7. The lowest BCUT2D eigenvalue weighted by atomic mass is 10.0. The molecule has 2 rings (SSSR count). The molecule has 0 unspecified atom stereocenters. The molecule has 218 valence electrons. The standard InChI is InChI=1S/C34H48O4P2/c1-15-27(35)37-23-19-17-21-25(39(31(3,4)5)32(6,7)8)29(23)30-24(38-28(36)16-2)20-18-22-26(30)40(33(9,10)11)34(12,13)14/h15-22H,1-2H2,3-14H3. The molecule has 2 aromatic rings. The minimum Gasteiger partial charge on any atom is -0.423 e. The molecule has 0 fully saturated rings. The van der Waals surface area contributed by atoms with Crippen LogP contribution in [0.5, 0.6) is 11.5 Å². The molecule has 2 aromatic carbocycles. The smallest absolute Gasteiger partial charge is 0.335 e. The predicted molar refractivity (Wildman–Crippen MR) is 176 cm³/mol. The quantitative estimate of drug-likeness (QED) is 0.142. The first kappa shape index (κ1) is 33.9. The molecule has 0 aliphatic carbocycles. The Kier molecular flexibility index (Phi) is 10.4. The van der Waals surface area contributed by atoms with Gasteiger partial charge >= 0.3 is 11.9 Å². The Balaban J connectivity index is 3.28. The van der Waals surface area contributed by atoms with E-state index in [1.165, 1.54) is 12.2 Å². The van der Waals surface area contributed by atoms with Crippen molar-refractivity contribution in [3.8, 4) is 22.6 Å². The summed E-state index contributed by atoms with van der Waals surface area (Å²) in [4.78, 5) is 25.3. The van der Waals surface area contributed by atoms with Crippen molar-refractivity contribution < 1.29 is 19.1 Å². The number of hydrogen-bond donors (Lipinski definition) is 0. The summed E-state index contributed by atoms with van der Waals surface area (Å²) in [6.45, 7) is 34.4. The highest BCUT2D eigenvalue weighted by Crippen LogP contribution is 2.63. The van der Waals surface area contributed by atoms with Crippen LogP contribution in [0.25, 0.3) is 11.1 Å². The van der Waals surface area contributed by atoms with Crippen molar-refractivity contribution in [2.24, 2.45) is 0 Å². The first-order valence-corrected chi connectivity index (χ1v) is 16.4. The molecule has 0 radical (unpaired) electrons. The number of carbonyl (C=O) groups is 2. The Labute approximate surface area is 245 Å². The SMILES string of the molecule is C=CC(=O)Oc1cccc(P(C(C)(C)C)C(C)(C)C)c1-c1c(OC(=O)C=C)cccc1P(C(C)(C)C)C(C)(C)C. The molecule has 0 atom stereocenters. The van der Waals surface area contributed by atoms with Gasteiger partial charge in [-0.15, -0.1) is 0 Å². The first-order valence-electron chi connectivity index (χ1n) is 13.7. The highest BCUT2D eigenvalue weighted by molar-refractivity contribution is 7.69. The van der Waals surface area contributed by atoms with Crippen LogP contribution in [-0.2, 0) is 9.59 Å². The summed E-state index contributed by atoms with van der Waals surface area (Å²) in [7, 11) is -1.64. The van der Waals surface area contributed by atoms with Crippen LogP contribution in [0.1, 0.15) is 83.1 Å². The van der Waals surface area contributed by atoms with E-state index >= 15 is 0 Å². The van der Waals surface area contributed by atoms with Gasteiger partial charge in [0.1, 0.15) is 11.5 Å². The molecule has 0 saturated heterocycles. The Morgan fingerprint density at radius 3 is 1.07 bits per heavy atom. The minimum atomic E-state index is -0.822. The van der Waals surface area contributed by atoms with Gasteiger partial charge in [0.15, 0.2) is 0 Å². The van der Waals surface area contributed by atoms with Crippen LogP contribution >= 0.6 is 15.8 Å². The maximum Gasteiger partial charge on any atom is 0.335 e. The van der Waals surface area contributed by atoms with Crippen molar-refractivity contribution in [3.05, 3.63) is 61.7 Å². The number of ether oxygens (including phenoxy) is 2. The van der Waals surface area contributed by atoms with Gasteiger partial charge in [-0.1, -0.05) is 136 Å². The molecule has 6 heteroatoms. The van der Waals surface area contributed by atoms with Crippen molar-refractivity contribution in [2.75, 3.05) is 0 Å². The van der Waals surface area contributed by atoms with E-state index in [9.17, 15) is 9.59 Å². The van der Waals surface area contributed by atoms with Gasteiger partial charge in [0.05, 0.1) is 0 Å². The van der Waals surface area contributed by atoms with E-state index in [1.807, 2.05) is 24.3 Å². The second-order valence-corrected chi connectivity index (χ2v) is 21.6. The number of esters is 2. The van der Waals surface area contributed by atoms with Crippen molar-refractivity contribution in [1.82, 2.24) is 0 Å². The molecular weight excluding hydrogens is 534 g/mol. The lowest BCUT2D eigenvalue weighted by Gasteiger charge is -2.44. The zero-order chi connectivity index (χ0) is 30.8. The van der Waals surface area contributed by atoms with Gasteiger partial charge in [0.2, 0.25) is 0 Å². The maximum absolute atomic E-state index is 12.7. The summed E-state index contributed by atoms with van der Waals surface area (Å²) in [6, 6.07) is 11.8. The molecule has 0 aliphatic heterocycles.